The Hall–Kier alpha value is -2.30. The molecule has 2 rings (SSSR count). The zero-order valence-electron chi connectivity index (χ0n) is 12.4. The number of halogens is 1. The van der Waals surface area contributed by atoms with Gasteiger partial charge in [-0.05, 0) is 43.7 Å². The first kappa shape index (κ1) is 15.1. The third kappa shape index (κ3) is 3.62. The monoisotopic (exact) mass is 290 g/mol. The average Bonchev–Trinajstić information content (AvgIpc) is 2.50. The second-order valence-corrected chi connectivity index (χ2v) is 4.55. The first-order valence-electron chi connectivity index (χ1n) is 6.83. The Balaban J connectivity index is 2.20. The third-order valence-electron chi connectivity index (χ3n) is 3.10. The number of rotatable bonds is 6. The Labute approximate surface area is 123 Å². The molecule has 1 atom stereocenters. The van der Waals surface area contributed by atoms with E-state index in [1.807, 2.05) is 26.0 Å². The van der Waals surface area contributed by atoms with Crippen LogP contribution >= 0.6 is 0 Å². The van der Waals surface area contributed by atoms with Crippen LogP contribution < -0.4 is 14.8 Å². The molecule has 1 heterocycles. The van der Waals surface area contributed by atoms with Crippen LogP contribution in [-0.4, -0.2) is 18.7 Å². The minimum atomic E-state index is -0.371. The van der Waals surface area contributed by atoms with Crippen molar-refractivity contribution in [1.29, 1.82) is 0 Å². The molecule has 0 radical (unpaired) electrons. The zero-order valence-corrected chi connectivity index (χ0v) is 12.4. The van der Waals surface area contributed by atoms with Gasteiger partial charge in [0.25, 0.3) is 0 Å². The van der Waals surface area contributed by atoms with Gasteiger partial charge in [-0.3, -0.25) is 0 Å². The Kier molecular flexibility index (Phi) is 4.98. The van der Waals surface area contributed by atoms with Crippen molar-refractivity contribution < 1.29 is 13.9 Å². The van der Waals surface area contributed by atoms with Gasteiger partial charge < -0.3 is 14.8 Å². The summed E-state index contributed by atoms with van der Waals surface area (Å²) >= 11 is 0. The van der Waals surface area contributed by atoms with Crippen molar-refractivity contribution in [3.8, 4) is 11.6 Å². The Morgan fingerprint density at radius 2 is 2.14 bits per heavy atom. The van der Waals surface area contributed by atoms with Crippen LogP contribution in [0.1, 0.15) is 25.5 Å². The van der Waals surface area contributed by atoms with E-state index in [2.05, 4.69) is 10.3 Å². The first-order valence-corrected chi connectivity index (χ1v) is 6.83. The number of hydrogen-bond acceptors (Lipinski definition) is 4. The van der Waals surface area contributed by atoms with E-state index in [1.165, 1.54) is 13.2 Å². The quantitative estimate of drug-likeness (QED) is 0.878. The van der Waals surface area contributed by atoms with E-state index in [1.54, 1.807) is 18.3 Å². The van der Waals surface area contributed by atoms with Gasteiger partial charge in [0.05, 0.1) is 19.4 Å². The van der Waals surface area contributed by atoms with Crippen molar-refractivity contribution in [2.75, 3.05) is 19.0 Å². The zero-order chi connectivity index (χ0) is 15.2. The van der Waals surface area contributed by atoms with Gasteiger partial charge in [0.15, 0.2) is 11.6 Å². The molecular weight excluding hydrogens is 271 g/mol. The van der Waals surface area contributed by atoms with Gasteiger partial charge >= 0.3 is 0 Å². The number of methoxy groups -OCH3 is 1. The van der Waals surface area contributed by atoms with Crippen LogP contribution in [0.3, 0.4) is 0 Å². The molecule has 4 nitrogen and oxygen atoms in total. The SMILES string of the molecule is CCOc1ncccc1NC(C)c1ccc(F)c(OC)c1. The molecule has 1 aromatic carbocycles. The fourth-order valence-electron chi connectivity index (χ4n) is 2.01. The van der Waals surface area contributed by atoms with Crippen LogP contribution in [0.5, 0.6) is 11.6 Å². The molecule has 1 unspecified atom stereocenters. The summed E-state index contributed by atoms with van der Waals surface area (Å²) in [4.78, 5) is 4.19. The molecule has 0 spiro atoms. The van der Waals surface area contributed by atoms with E-state index in [0.717, 1.165) is 11.3 Å². The lowest BCUT2D eigenvalue weighted by molar-refractivity contribution is 0.328. The molecule has 2 aromatic rings. The Bertz CT molecular complexity index is 605. The topological polar surface area (TPSA) is 43.4 Å². The molecule has 1 aromatic heterocycles. The fourth-order valence-corrected chi connectivity index (χ4v) is 2.01. The summed E-state index contributed by atoms with van der Waals surface area (Å²) in [5.74, 6) is 0.420. The van der Waals surface area contributed by atoms with Crippen molar-refractivity contribution >= 4 is 5.69 Å². The summed E-state index contributed by atoms with van der Waals surface area (Å²) in [7, 11) is 1.45. The number of aromatic nitrogens is 1. The molecule has 0 saturated carbocycles. The summed E-state index contributed by atoms with van der Waals surface area (Å²) in [5, 5.41) is 3.32. The molecule has 112 valence electrons. The molecule has 0 fully saturated rings. The molecule has 0 aliphatic heterocycles. The fraction of sp³-hybridized carbons (Fsp3) is 0.312. The van der Waals surface area contributed by atoms with Crippen molar-refractivity contribution in [1.82, 2.24) is 4.98 Å². The predicted molar refractivity (Wildman–Crippen MR) is 80.4 cm³/mol. The maximum absolute atomic E-state index is 13.4. The highest BCUT2D eigenvalue weighted by Crippen LogP contribution is 2.28. The van der Waals surface area contributed by atoms with Crippen molar-refractivity contribution in [2.45, 2.75) is 19.9 Å². The molecule has 21 heavy (non-hydrogen) atoms. The number of nitrogens with one attached hydrogen (secondary N) is 1. The summed E-state index contributed by atoms with van der Waals surface area (Å²) in [6.07, 6.45) is 1.68. The largest absolute Gasteiger partial charge is 0.494 e. The molecule has 5 heteroatoms. The summed E-state index contributed by atoms with van der Waals surface area (Å²) in [6, 6.07) is 8.51. The van der Waals surface area contributed by atoms with E-state index < -0.39 is 0 Å². The summed E-state index contributed by atoms with van der Waals surface area (Å²) < 4.78 is 23.9. The second-order valence-electron chi connectivity index (χ2n) is 4.55. The predicted octanol–water partition coefficient (Wildman–Crippen LogP) is 3.80. The van der Waals surface area contributed by atoms with Gasteiger partial charge in [-0.25, -0.2) is 9.37 Å². The number of benzene rings is 1. The standard InChI is InChI=1S/C16H19FN2O2/c1-4-21-16-14(6-5-9-18-16)19-11(2)12-7-8-13(17)15(10-12)20-3/h5-11,19H,4H2,1-3H3. The summed E-state index contributed by atoms with van der Waals surface area (Å²) in [5.41, 5.74) is 1.72. The van der Waals surface area contributed by atoms with Crippen LogP contribution in [0.4, 0.5) is 10.1 Å². The minimum absolute atomic E-state index is 0.0390. The number of nitrogens with zero attached hydrogens (tertiary/aromatic N) is 1. The lowest BCUT2D eigenvalue weighted by Crippen LogP contribution is -2.09. The lowest BCUT2D eigenvalue weighted by atomic mass is 10.1. The van der Waals surface area contributed by atoms with Gasteiger partial charge in [0.1, 0.15) is 0 Å². The summed E-state index contributed by atoms with van der Waals surface area (Å²) in [6.45, 7) is 4.44. The number of anilines is 1. The van der Waals surface area contributed by atoms with Crippen LogP contribution in [-0.2, 0) is 0 Å². The van der Waals surface area contributed by atoms with Gasteiger partial charge in [0.2, 0.25) is 5.88 Å². The van der Waals surface area contributed by atoms with E-state index in [4.69, 9.17) is 9.47 Å². The normalized spacial score (nSPS) is 11.8. The lowest BCUT2D eigenvalue weighted by Gasteiger charge is -2.18. The van der Waals surface area contributed by atoms with Crippen LogP contribution in [0.25, 0.3) is 0 Å². The number of pyridine rings is 1. The van der Waals surface area contributed by atoms with E-state index in [-0.39, 0.29) is 17.6 Å². The van der Waals surface area contributed by atoms with Gasteiger partial charge in [-0.1, -0.05) is 6.07 Å². The number of ether oxygens (including phenoxy) is 2. The van der Waals surface area contributed by atoms with Crippen molar-refractivity contribution in [3.63, 3.8) is 0 Å². The van der Waals surface area contributed by atoms with Gasteiger partial charge in [-0.2, -0.15) is 0 Å². The van der Waals surface area contributed by atoms with Crippen LogP contribution in [0.2, 0.25) is 0 Å². The van der Waals surface area contributed by atoms with Crippen molar-refractivity contribution in [2.24, 2.45) is 0 Å². The van der Waals surface area contributed by atoms with Crippen molar-refractivity contribution in [3.05, 3.63) is 47.9 Å². The first-order chi connectivity index (χ1) is 10.2. The molecule has 0 aliphatic rings. The molecule has 0 bridgehead atoms. The maximum atomic E-state index is 13.4. The maximum Gasteiger partial charge on any atom is 0.237 e. The van der Waals surface area contributed by atoms with E-state index in [0.29, 0.717) is 12.5 Å². The molecule has 0 aliphatic carbocycles. The third-order valence-corrected chi connectivity index (χ3v) is 3.10. The second kappa shape index (κ2) is 6.92. The van der Waals surface area contributed by atoms with Gasteiger partial charge in [0, 0.05) is 12.2 Å². The highest BCUT2D eigenvalue weighted by atomic mass is 19.1. The highest BCUT2D eigenvalue weighted by molar-refractivity contribution is 5.53. The Morgan fingerprint density at radius 1 is 1.33 bits per heavy atom. The Morgan fingerprint density at radius 3 is 2.86 bits per heavy atom. The number of hydrogen-bond donors (Lipinski definition) is 1. The van der Waals surface area contributed by atoms with Gasteiger partial charge in [-0.15, -0.1) is 0 Å². The average molecular weight is 290 g/mol. The molecular formula is C16H19FN2O2. The van der Waals surface area contributed by atoms with Crippen LogP contribution in [0, 0.1) is 5.82 Å². The molecule has 0 saturated heterocycles. The van der Waals surface area contributed by atoms with E-state index in [9.17, 15) is 4.39 Å². The minimum Gasteiger partial charge on any atom is -0.494 e. The highest BCUT2D eigenvalue weighted by Gasteiger charge is 2.12. The van der Waals surface area contributed by atoms with Crippen LogP contribution in [0.15, 0.2) is 36.5 Å². The molecule has 0 amide bonds. The molecule has 1 N–H and O–H groups in total. The van der Waals surface area contributed by atoms with E-state index >= 15 is 0 Å². The smallest absolute Gasteiger partial charge is 0.237 e.